The van der Waals surface area contributed by atoms with E-state index in [9.17, 15) is 27.4 Å². The molecule has 0 bridgehead atoms. The van der Waals surface area contributed by atoms with Gasteiger partial charge in [0, 0.05) is 88.7 Å². The van der Waals surface area contributed by atoms with E-state index in [1.807, 2.05) is 211 Å². The van der Waals surface area contributed by atoms with E-state index < -0.39 is 218 Å². The van der Waals surface area contributed by atoms with Gasteiger partial charge in [0.15, 0.2) is 0 Å². The first kappa shape index (κ1) is 41.3. The maximum Gasteiger partial charge on any atom is 0.252 e. The van der Waals surface area contributed by atoms with Gasteiger partial charge in [-0.05, 0) is 175 Å². The second-order valence-electron chi connectivity index (χ2n) is 28.5. The van der Waals surface area contributed by atoms with Gasteiger partial charge in [-0.2, -0.15) is 0 Å². The lowest BCUT2D eigenvalue weighted by atomic mass is 9.33. The predicted molar refractivity (Wildman–Crippen MR) is 441 cm³/mol. The Morgan fingerprint density at radius 1 is 0.308 bits per heavy atom. The molecule has 0 radical (unpaired) electrons. The number of hydrogen-bond donors (Lipinski definition) is 0. The van der Waals surface area contributed by atoms with Gasteiger partial charge in [-0.3, -0.25) is 0 Å². The number of benzene rings is 15. The molecule has 20 rings (SSSR count). The van der Waals surface area contributed by atoms with Crippen LogP contribution in [0.2, 0.25) is 0 Å². The largest absolute Gasteiger partial charge is 0.456 e. The summed E-state index contributed by atoms with van der Waals surface area (Å²) in [5.74, 6) is 0. The van der Waals surface area contributed by atoms with Gasteiger partial charge in [-0.1, -0.05) is 272 Å². The summed E-state index contributed by atoms with van der Waals surface area (Å²) in [6.45, 7) is 10.3. The molecule has 0 unspecified atom stereocenters. The van der Waals surface area contributed by atoms with Crippen LogP contribution in [-0.4, -0.2) is 15.8 Å². The minimum Gasteiger partial charge on any atom is -0.456 e. The maximum atomic E-state index is 12.0. The molecule has 0 aliphatic carbocycles. The van der Waals surface area contributed by atoms with E-state index >= 15 is 0 Å². The number of rotatable bonds is 9. The fraction of sp³-hybridized carbons (Fsp3) is 0.0816. The monoisotopic (exact) mass is 1360 g/mol. The zero-order chi connectivity index (χ0) is 90.6. The smallest absolute Gasteiger partial charge is 0.252 e. The van der Waals surface area contributed by atoms with Crippen LogP contribution in [0.3, 0.4) is 0 Å². The van der Waals surface area contributed by atoms with E-state index in [-0.39, 0.29) is 61.6 Å². The lowest BCUT2D eigenvalue weighted by Crippen LogP contribution is -2.61. The van der Waals surface area contributed by atoms with Crippen LogP contribution < -0.4 is 26.2 Å². The van der Waals surface area contributed by atoms with E-state index in [0.29, 0.717) is 66.4 Å². The number of furan rings is 1. The normalized spacial score (nSPS) is 16.1. The number of fused-ring (bicyclic) bond motifs is 13. The topological polar surface area (TPSA) is 29.5 Å². The van der Waals surface area contributed by atoms with E-state index in [1.54, 1.807) is 28.0 Å². The Kier molecular flexibility index (Phi) is 9.32. The van der Waals surface area contributed by atoms with Crippen LogP contribution in [0.25, 0.3) is 133 Å². The Morgan fingerprint density at radius 3 is 1.05 bits per heavy atom. The first-order chi connectivity index (χ1) is 60.9. The molecule has 15 aromatic carbocycles. The molecule has 0 atom stereocenters. The standard InChI is InChI=1S/C98H73BN4O/c1-97(2,3)68-56-77(62-29-11-7-12-30-62)95(78(57-68)63-31-13-8-14-32-63)102-88-60-70(100-84-42-24-19-37-72(84)73-38-20-25-43-85(73)100)48-50-82(88)99-83-51-49-71(101-86-44-26-21-39-74(86)75-40-22-27-45-87(75)101)61-89(83)103(91-55-67(54-90(102)94(91)99)66-47-52-93-81(53-66)76-41-23-28-46-92(76)104-93)96-79(64-33-15-9-16-34-64)58-69(98(4,5)6)59-80(96)65-35-17-10-18-36-65/h7-61H,1-6H3/i19D,20D,21D,22D,24D,25D,26D,27D,37D,38D,39D,40D,42D,43D,44D,45D,48D,49D,50D,51D,54D,55D,60D,61D. The highest BCUT2D eigenvalue weighted by Crippen LogP contribution is 2.56. The Hall–Kier alpha value is -12.6. The highest BCUT2D eigenvalue weighted by Gasteiger charge is 2.46. The second-order valence-corrected chi connectivity index (χ2v) is 28.5. The third-order valence-corrected chi connectivity index (χ3v) is 20.3. The van der Waals surface area contributed by atoms with Gasteiger partial charge in [0.05, 0.1) is 66.3 Å². The van der Waals surface area contributed by atoms with Crippen LogP contribution in [-0.2, 0) is 10.8 Å². The summed E-state index contributed by atoms with van der Waals surface area (Å²) in [6.07, 6.45) is 0. The fourth-order valence-electron chi connectivity index (χ4n) is 15.3. The third-order valence-electron chi connectivity index (χ3n) is 20.3. The summed E-state index contributed by atoms with van der Waals surface area (Å²) >= 11 is 0. The molecule has 494 valence electrons. The molecule has 0 spiro atoms. The van der Waals surface area contributed by atoms with Gasteiger partial charge in [-0.25, -0.2) is 0 Å². The lowest BCUT2D eigenvalue weighted by Gasteiger charge is -2.46. The Balaban J connectivity index is 1.10. The number of hydrogen-bond acceptors (Lipinski definition) is 3. The summed E-state index contributed by atoms with van der Waals surface area (Å²) < 4.78 is 254. The highest BCUT2D eigenvalue weighted by atomic mass is 16.3. The molecule has 0 fully saturated rings. The Morgan fingerprint density at radius 2 is 0.663 bits per heavy atom. The summed E-state index contributed by atoms with van der Waals surface area (Å²) in [5, 5.41) is -0.439. The zero-order valence-electron chi connectivity index (χ0n) is 81.2. The molecule has 2 aliphatic heterocycles. The van der Waals surface area contributed by atoms with Crippen molar-refractivity contribution in [3.8, 4) is 67.0 Å². The van der Waals surface area contributed by atoms with Crippen molar-refractivity contribution < 1.29 is 37.3 Å². The molecule has 104 heavy (non-hydrogen) atoms. The van der Waals surface area contributed by atoms with Gasteiger partial charge in [0.1, 0.15) is 11.2 Å². The van der Waals surface area contributed by atoms with Crippen LogP contribution in [0.1, 0.15) is 85.6 Å². The molecule has 5 heterocycles. The van der Waals surface area contributed by atoms with Crippen molar-refractivity contribution in [3.63, 3.8) is 0 Å². The molecule has 5 nitrogen and oxygen atoms in total. The summed E-state index contributed by atoms with van der Waals surface area (Å²) in [4.78, 5) is 3.31. The van der Waals surface area contributed by atoms with Crippen molar-refractivity contribution >= 4 is 123 Å². The van der Waals surface area contributed by atoms with Crippen LogP contribution in [0.5, 0.6) is 0 Å². The van der Waals surface area contributed by atoms with Crippen LogP contribution in [0.15, 0.2) is 337 Å². The quantitative estimate of drug-likeness (QED) is 0.135. The average molecular weight is 1360 g/mol. The average Bonchev–Trinajstić information content (AvgIpc) is 0.864. The van der Waals surface area contributed by atoms with E-state index in [1.165, 1.54) is 0 Å². The third kappa shape index (κ3) is 9.62. The van der Waals surface area contributed by atoms with E-state index in [4.69, 9.17) is 9.90 Å². The number of anilines is 6. The van der Waals surface area contributed by atoms with Crippen molar-refractivity contribution in [2.75, 3.05) is 9.80 Å². The number of para-hydroxylation sites is 5. The zero-order valence-corrected chi connectivity index (χ0v) is 57.2. The van der Waals surface area contributed by atoms with Gasteiger partial charge in [0.25, 0.3) is 6.71 Å². The van der Waals surface area contributed by atoms with Crippen molar-refractivity contribution in [2.24, 2.45) is 0 Å². The lowest BCUT2D eigenvalue weighted by molar-refractivity contribution is 0.590. The molecular formula is C98H73BN4O. The Labute approximate surface area is 640 Å². The molecule has 0 N–H and O–H groups in total. The van der Waals surface area contributed by atoms with Gasteiger partial charge < -0.3 is 23.4 Å². The van der Waals surface area contributed by atoms with Crippen molar-refractivity contribution in [1.29, 1.82) is 0 Å². The highest BCUT2D eigenvalue weighted by molar-refractivity contribution is 7.00. The molecule has 2 aliphatic rings. The SMILES string of the molecule is [2H]c1c([2H])c(-n2c3c([2H])c([2H])c([2H])c([2H])c3c3c([2H])c([2H])c([2H])c([2H])c32)c([2H])c2c1B1c3c([2H])c([2H])c(-n4c5c([2H])c([2H])c([2H])c([2H])c5c5c([2H])c([2H])c([2H])c([2H])c54)c([2H])c3N(c3c(-c4ccccc4)cc(C(C)(C)C)cc3-c3ccccc3)c3c([2H])c(-c4ccc5oc6ccccc6c5c4)c([2H])c(c31)N2c1c(-c2ccccc2)cc(C(C)(C)C)cc1-c1ccccc1. The van der Waals surface area contributed by atoms with Crippen LogP contribution >= 0.6 is 0 Å². The summed E-state index contributed by atoms with van der Waals surface area (Å²) in [5.41, 5.74) is 0.633. The number of nitrogens with zero attached hydrogens (tertiary/aromatic N) is 4. The first-order valence-electron chi connectivity index (χ1n) is 46.5. The summed E-state index contributed by atoms with van der Waals surface area (Å²) in [6, 6.07) is 39.5. The van der Waals surface area contributed by atoms with Crippen molar-refractivity contribution in [2.45, 2.75) is 52.4 Å². The van der Waals surface area contributed by atoms with Gasteiger partial charge >= 0.3 is 0 Å². The van der Waals surface area contributed by atoms with Gasteiger partial charge in [-0.15, -0.1) is 0 Å². The van der Waals surface area contributed by atoms with Crippen molar-refractivity contribution in [3.05, 3.63) is 344 Å². The minimum atomic E-state index is -1.95. The molecule has 0 saturated heterocycles. The first-order valence-corrected chi connectivity index (χ1v) is 34.5. The molecule has 0 amide bonds. The molecule has 6 heteroatoms. The van der Waals surface area contributed by atoms with Crippen LogP contribution in [0, 0.1) is 0 Å². The van der Waals surface area contributed by atoms with Crippen LogP contribution in [0.4, 0.5) is 34.1 Å². The van der Waals surface area contributed by atoms with Gasteiger partial charge in [0.2, 0.25) is 0 Å². The molecule has 3 aromatic heterocycles. The molecular weight excluding hydrogens is 1260 g/mol. The minimum absolute atomic E-state index is 0.0604. The van der Waals surface area contributed by atoms with Crippen molar-refractivity contribution in [1.82, 2.24) is 9.13 Å². The van der Waals surface area contributed by atoms with E-state index in [0.717, 1.165) is 20.3 Å². The maximum absolute atomic E-state index is 12.0. The van der Waals surface area contributed by atoms with E-state index in [2.05, 4.69) is 0 Å². The second kappa shape index (κ2) is 23.5. The fourth-order valence-corrected chi connectivity index (χ4v) is 15.3. The predicted octanol–water partition coefficient (Wildman–Crippen LogP) is 24.8. The summed E-state index contributed by atoms with van der Waals surface area (Å²) in [7, 11) is 0. The number of aromatic nitrogens is 2. The molecule has 0 saturated carbocycles. The Bertz CT molecular complexity index is 7340. The molecule has 18 aromatic rings.